The standard InChI is InChI=1S/C13H18N4O2/c1-13(2,3)19-12(18)17-5-4-9(7-17)10-6-15-8-16-11(10)14/h4,6,8H,5,7H2,1-3H3,(H2,14,15,16). The summed E-state index contributed by atoms with van der Waals surface area (Å²) in [6, 6.07) is 0. The number of nitrogens with zero attached hydrogens (tertiary/aromatic N) is 3. The Bertz CT molecular complexity index is 520. The Balaban J connectivity index is 2.04. The van der Waals surface area contributed by atoms with E-state index in [0.717, 1.165) is 11.1 Å². The summed E-state index contributed by atoms with van der Waals surface area (Å²) < 4.78 is 5.33. The molecule has 0 saturated heterocycles. The van der Waals surface area contributed by atoms with Crippen molar-refractivity contribution in [2.45, 2.75) is 26.4 Å². The van der Waals surface area contributed by atoms with Gasteiger partial charge in [0, 0.05) is 24.8 Å². The van der Waals surface area contributed by atoms with Crippen LogP contribution in [0.1, 0.15) is 26.3 Å². The van der Waals surface area contributed by atoms with Crippen molar-refractivity contribution in [3.8, 4) is 0 Å². The molecule has 0 atom stereocenters. The van der Waals surface area contributed by atoms with Crippen molar-refractivity contribution in [2.24, 2.45) is 0 Å². The number of carbonyl (C=O) groups is 1. The van der Waals surface area contributed by atoms with Crippen LogP contribution in [0.3, 0.4) is 0 Å². The first kappa shape index (κ1) is 13.3. The molecule has 6 heteroatoms. The van der Waals surface area contributed by atoms with Gasteiger partial charge >= 0.3 is 6.09 Å². The van der Waals surface area contributed by atoms with Crippen LogP contribution < -0.4 is 5.73 Å². The van der Waals surface area contributed by atoms with Crippen LogP contribution in [-0.4, -0.2) is 39.7 Å². The van der Waals surface area contributed by atoms with Crippen LogP contribution in [0.4, 0.5) is 10.6 Å². The Morgan fingerprint density at radius 3 is 2.84 bits per heavy atom. The van der Waals surface area contributed by atoms with Gasteiger partial charge in [-0.25, -0.2) is 14.8 Å². The first-order chi connectivity index (χ1) is 8.87. The normalized spacial score (nSPS) is 15.3. The Labute approximate surface area is 112 Å². The topological polar surface area (TPSA) is 81.3 Å². The van der Waals surface area contributed by atoms with Gasteiger partial charge in [0.05, 0.1) is 0 Å². The first-order valence-corrected chi connectivity index (χ1v) is 6.09. The SMILES string of the molecule is CC(C)(C)OC(=O)N1CC=C(c2cncnc2N)C1. The van der Waals surface area contributed by atoms with E-state index in [1.165, 1.54) is 6.33 Å². The lowest BCUT2D eigenvalue weighted by Gasteiger charge is -2.24. The molecule has 1 aromatic heterocycles. The molecule has 0 bridgehead atoms. The molecular weight excluding hydrogens is 244 g/mol. The van der Waals surface area contributed by atoms with Crippen LogP contribution in [0.5, 0.6) is 0 Å². The minimum atomic E-state index is -0.491. The van der Waals surface area contributed by atoms with Gasteiger partial charge in [-0.3, -0.25) is 0 Å². The van der Waals surface area contributed by atoms with E-state index in [1.807, 2.05) is 26.8 Å². The van der Waals surface area contributed by atoms with Gasteiger partial charge in [0.15, 0.2) is 0 Å². The van der Waals surface area contributed by atoms with E-state index in [-0.39, 0.29) is 6.09 Å². The van der Waals surface area contributed by atoms with Crippen LogP contribution in [0.2, 0.25) is 0 Å². The Morgan fingerprint density at radius 2 is 2.21 bits per heavy atom. The number of ether oxygens (including phenoxy) is 1. The average Bonchev–Trinajstić information content (AvgIpc) is 2.76. The molecule has 0 saturated carbocycles. The molecule has 6 nitrogen and oxygen atoms in total. The van der Waals surface area contributed by atoms with E-state index in [2.05, 4.69) is 9.97 Å². The highest BCUT2D eigenvalue weighted by Gasteiger charge is 2.26. The molecule has 2 N–H and O–H groups in total. The highest BCUT2D eigenvalue weighted by atomic mass is 16.6. The molecular formula is C13H18N4O2. The lowest BCUT2D eigenvalue weighted by molar-refractivity contribution is 0.0306. The van der Waals surface area contributed by atoms with Crippen LogP contribution in [0.25, 0.3) is 5.57 Å². The molecule has 2 rings (SSSR count). The number of nitrogens with two attached hydrogens (primary N) is 1. The Hall–Kier alpha value is -2.11. The zero-order valence-corrected chi connectivity index (χ0v) is 11.4. The van der Waals surface area contributed by atoms with E-state index in [9.17, 15) is 4.79 Å². The summed E-state index contributed by atoms with van der Waals surface area (Å²) in [5, 5.41) is 0. The molecule has 1 aliphatic heterocycles. The molecule has 0 aromatic carbocycles. The highest BCUT2D eigenvalue weighted by Crippen LogP contribution is 2.24. The summed E-state index contributed by atoms with van der Waals surface area (Å²) in [5.74, 6) is 0.423. The van der Waals surface area contributed by atoms with E-state index in [1.54, 1.807) is 11.1 Å². The quantitative estimate of drug-likeness (QED) is 0.833. The number of nitrogen functional groups attached to an aromatic ring is 1. The number of anilines is 1. The van der Waals surface area contributed by atoms with Crippen molar-refractivity contribution in [2.75, 3.05) is 18.8 Å². The van der Waals surface area contributed by atoms with Crippen molar-refractivity contribution in [3.63, 3.8) is 0 Å². The second-order valence-corrected chi connectivity index (χ2v) is 5.41. The third-order valence-electron chi connectivity index (χ3n) is 2.66. The van der Waals surface area contributed by atoms with Crippen molar-refractivity contribution in [1.29, 1.82) is 0 Å². The maximum Gasteiger partial charge on any atom is 0.410 e. The van der Waals surface area contributed by atoms with Gasteiger partial charge in [0.2, 0.25) is 0 Å². The molecule has 0 radical (unpaired) electrons. The number of hydrogen-bond donors (Lipinski definition) is 1. The summed E-state index contributed by atoms with van der Waals surface area (Å²) in [6.45, 7) is 6.51. The molecule has 1 aliphatic rings. The molecule has 0 fully saturated rings. The van der Waals surface area contributed by atoms with Crippen molar-refractivity contribution < 1.29 is 9.53 Å². The average molecular weight is 262 g/mol. The summed E-state index contributed by atoms with van der Waals surface area (Å²) in [4.78, 5) is 21.4. The lowest BCUT2D eigenvalue weighted by atomic mass is 10.1. The minimum absolute atomic E-state index is 0.325. The number of rotatable bonds is 1. The number of hydrogen-bond acceptors (Lipinski definition) is 5. The van der Waals surface area contributed by atoms with Gasteiger partial charge in [0.1, 0.15) is 17.7 Å². The maximum atomic E-state index is 11.9. The fourth-order valence-electron chi connectivity index (χ4n) is 1.80. The number of carbonyl (C=O) groups excluding carboxylic acids is 1. The van der Waals surface area contributed by atoms with Gasteiger partial charge in [-0.2, -0.15) is 0 Å². The smallest absolute Gasteiger partial charge is 0.410 e. The second kappa shape index (κ2) is 4.87. The summed E-state index contributed by atoms with van der Waals surface area (Å²) in [7, 11) is 0. The first-order valence-electron chi connectivity index (χ1n) is 6.09. The Morgan fingerprint density at radius 1 is 1.47 bits per heavy atom. The highest BCUT2D eigenvalue weighted by molar-refractivity contribution is 5.80. The predicted molar refractivity (Wildman–Crippen MR) is 72.2 cm³/mol. The molecule has 0 spiro atoms. The number of aromatic nitrogens is 2. The van der Waals surface area contributed by atoms with Gasteiger partial charge in [0.25, 0.3) is 0 Å². The van der Waals surface area contributed by atoms with E-state index < -0.39 is 5.60 Å². The maximum absolute atomic E-state index is 11.9. The van der Waals surface area contributed by atoms with Gasteiger partial charge in [-0.1, -0.05) is 6.08 Å². The second-order valence-electron chi connectivity index (χ2n) is 5.41. The van der Waals surface area contributed by atoms with Crippen molar-refractivity contribution in [3.05, 3.63) is 24.2 Å². The summed E-state index contributed by atoms with van der Waals surface area (Å²) in [5.41, 5.74) is 7.03. The molecule has 19 heavy (non-hydrogen) atoms. The zero-order chi connectivity index (χ0) is 14.0. The fourth-order valence-corrected chi connectivity index (χ4v) is 1.80. The molecule has 1 aromatic rings. The van der Waals surface area contributed by atoms with E-state index >= 15 is 0 Å². The largest absolute Gasteiger partial charge is 0.444 e. The van der Waals surface area contributed by atoms with Gasteiger partial charge in [-0.05, 0) is 26.3 Å². The third kappa shape index (κ3) is 3.21. The van der Waals surface area contributed by atoms with Gasteiger partial charge < -0.3 is 15.4 Å². The van der Waals surface area contributed by atoms with Crippen molar-refractivity contribution >= 4 is 17.5 Å². The third-order valence-corrected chi connectivity index (χ3v) is 2.66. The lowest BCUT2D eigenvalue weighted by Crippen LogP contribution is -2.35. The molecule has 0 aliphatic carbocycles. The van der Waals surface area contributed by atoms with E-state index in [4.69, 9.17) is 10.5 Å². The Kier molecular flexibility index (Phi) is 3.42. The predicted octanol–water partition coefficient (Wildman–Crippen LogP) is 1.69. The fraction of sp³-hybridized carbons (Fsp3) is 0.462. The van der Waals surface area contributed by atoms with Crippen LogP contribution in [-0.2, 0) is 4.74 Å². The summed E-state index contributed by atoms with van der Waals surface area (Å²) in [6.07, 6.45) is 4.68. The van der Waals surface area contributed by atoms with Gasteiger partial charge in [-0.15, -0.1) is 0 Å². The van der Waals surface area contributed by atoms with E-state index in [0.29, 0.717) is 18.9 Å². The van der Waals surface area contributed by atoms with Crippen LogP contribution in [0, 0.1) is 0 Å². The minimum Gasteiger partial charge on any atom is -0.444 e. The van der Waals surface area contributed by atoms with Crippen LogP contribution >= 0.6 is 0 Å². The monoisotopic (exact) mass is 262 g/mol. The van der Waals surface area contributed by atoms with Crippen LogP contribution in [0.15, 0.2) is 18.6 Å². The molecule has 0 unspecified atom stereocenters. The summed E-state index contributed by atoms with van der Waals surface area (Å²) >= 11 is 0. The molecule has 2 heterocycles. The van der Waals surface area contributed by atoms with Crippen molar-refractivity contribution in [1.82, 2.24) is 14.9 Å². The molecule has 1 amide bonds. The number of amides is 1. The zero-order valence-electron chi connectivity index (χ0n) is 11.4. The molecule has 102 valence electrons.